The van der Waals surface area contributed by atoms with Crippen molar-refractivity contribution < 1.29 is 9.90 Å². The fourth-order valence-electron chi connectivity index (χ4n) is 2.70. The fraction of sp³-hybridized carbons (Fsp3) is 0.286. The molecule has 0 radical (unpaired) electrons. The number of phenolic OH excluding ortho intramolecular Hbond substituents is 1. The third kappa shape index (κ3) is 6.67. The highest BCUT2D eigenvalue weighted by Crippen LogP contribution is 2.27. The number of benzene rings is 2. The molecule has 0 aromatic heterocycles. The first-order valence-electron chi connectivity index (χ1n) is 8.39. The Morgan fingerprint density at radius 2 is 1.56 bits per heavy atom. The lowest BCUT2D eigenvalue weighted by Crippen LogP contribution is -2.15. The van der Waals surface area contributed by atoms with Crippen LogP contribution in [-0.4, -0.2) is 48.9 Å². The van der Waals surface area contributed by atoms with Gasteiger partial charge in [0.15, 0.2) is 5.78 Å². The van der Waals surface area contributed by atoms with E-state index in [1.165, 1.54) is 6.08 Å². The predicted octanol–water partition coefficient (Wildman–Crippen LogP) is 4.49. The normalized spacial score (nSPS) is 11.2. The summed E-state index contributed by atoms with van der Waals surface area (Å²) in [5.41, 5.74) is 2.83. The first-order valence-corrected chi connectivity index (χ1v) is 8.77. The molecule has 27 heavy (non-hydrogen) atoms. The highest BCUT2D eigenvalue weighted by atomic mass is 35.5. The van der Waals surface area contributed by atoms with Gasteiger partial charge in [-0.15, -0.1) is 12.4 Å². The summed E-state index contributed by atoms with van der Waals surface area (Å²) >= 11 is 6.13. The standard InChI is InChI=1S/C21H25ClN2O2.ClH/c1-23(2)13-17-11-16(12-18(21(17)26)14-24(3)4)20(25)10-9-15-7-5-6-8-19(15)22;/h5-12,26H,13-14H2,1-4H3;1H/b10-9+;. The molecule has 0 bridgehead atoms. The van der Waals surface area contributed by atoms with Crippen molar-refractivity contribution in [2.75, 3.05) is 28.2 Å². The highest BCUT2D eigenvalue weighted by Gasteiger charge is 2.14. The average molecular weight is 409 g/mol. The Morgan fingerprint density at radius 1 is 1.04 bits per heavy atom. The molecular formula is C21H26Cl2N2O2. The van der Waals surface area contributed by atoms with Crippen molar-refractivity contribution in [1.29, 1.82) is 0 Å². The van der Waals surface area contributed by atoms with Gasteiger partial charge in [0.05, 0.1) is 0 Å². The van der Waals surface area contributed by atoms with E-state index in [1.807, 2.05) is 56.2 Å². The van der Waals surface area contributed by atoms with Gasteiger partial charge in [0.1, 0.15) is 5.75 Å². The lowest BCUT2D eigenvalue weighted by molar-refractivity contribution is 0.104. The molecule has 0 aliphatic carbocycles. The Balaban J connectivity index is 0.00000364. The quantitative estimate of drug-likeness (QED) is 0.541. The van der Waals surface area contributed by atoms with Gasteiger partial charge in [0, 0.05) is 34.8 Å². The van der Waals surface area contributed by atoms with Crippen molar-refractivity contribution in [2.45, 2.75) is 13.1 Å². The first kappa shape index (κ1) is 23.2. The molecule has 0 atom stereocenters. The fourth-order valence-corrected chi connectivity index (χ4v) is 2.90. The van der Waals surface area contributed by atoms with Gasteiger partial charge < -0.3 is 14.9 Å². The number of halogens is 2. The summed E-state index contributed by atoms with van der Waals surface area (Å²) in [6.45, 7) is 1.11. The molecule has 2 aromatic rings. The average Bonchev–Trinajstić information content (AvgIpc) is 2.56. The van der Waals surface area contributed by atoms with Gasteiger partial charge in [-0.05, 0) is 64.1 Å². The van der Waals surface area contributed by atoms with Crippen molar-refractivity contribution in [3.63, 3.8) is 0 Å². The minimum atomic E-state index is -0.120. The third-order valence-electron chi connectivity index (χ3n) is 3.84. The van der Waals surface area contributed by atoms with Gasteiger partial charge >= 0.3 is 0 Å². The topological polar surface area (TPSA) is 43.8 Å². The summed E-state index contributed by atoms with van der Waals surface area (Å²) in [6.07, 6.45) is 3.24. The monoisotopic (exact) mass is 408 g/mol. The van der Waals surface area contributed by atoms with E-state index in [0.29, 0.717) is 23.7 Å². The second-order valence-corrected chi connectivity index (χ2v) is 7.24. The molecule has 4 nitrogen and oxygen atoms in total. The van der Waals surface area contributed by atoms with Crippen molar-refractivity contribution in [2.24, 2.45) is 0 Å². The van der Waals surface area contributed by atoms with Crippen molar-refractivity contribution in [1.82, 2.24) is 9.80 Å². The van der Waals surface area contributed by atoms with E-state index in [1.54, 1.807) is 24.3 Å². The van der Waals surface area contributed by atoms with Crippen molar-refractivity contribution in [3.8, 4) is 5.75 Å². The first-order chi connectivity index (χ1) is 12.3. The molecule has 0 aliphatic heterocycles. The zero-order valence-corrected chi connectivity index (χ0v) is 17.6. The molecule has 0 amide bonds. The van der Waals surface area contributed by atoms with Gasteiger partial charge in [-0.1, -0.05) is 29.8 Å². The molecule has 0 spiro atoms. The van der Waals surface area contributed by atoms with E-state index in [9.17, 15) is 9.90 Å². The Bertz CT molecular complexity index is 787. The predicted molar refractivity (Wildman–Crippen MR) is 115 cm³/mol. The summed E-state index contributed by atoms with van der Waals surface area (Å²) in [5, 5.41) is 11.1. The van der Waals surface area contributed by atoms with Crippen LogP contribution in [0, 0.1) is 0 Å². The molecule has 0 unspecified atom stereocenters. The number of nitrogens with zero attached hydrogens (tertiary/aromatic N) is 2. The molecule has 2 aromatic carbocycles. The zero-order chi connectivity index (χ0) is 19.3. The van der Waals surface area contributed by atoms with E-state index in [2.05, 4.69) is 0 Å². The lowest BCUT2D eigenvalue weighted by atomic mass is 10.00. The number of carbonyl (C=O) groups excluding carboxylic acids is 1. The van der Waals surface area contributed by atoms with Gasteiger partial charge in [0.25, 0.3) is 0 Å². The number of ketones is 1. The molecule has 2 rings (SSSR count). The van der Waals surface area contributed by atoms with E-state index in [0.717, 1.165) is 16.7 Å². The van der Waals surface area contributed by atoms with Crippen LogP contribution in [-0.2, 0) is 13.1 Å². The molecule has 1 N–H and O–H groups in total. The molecule has 0 heterocycles. The Labute approximate surface area is 172 Å². The second-order valence-electron chi connectivity index (χ2n) is 6.84. The number of carbonyl (C=O) groups is 1. The van der Waals surface area contributed by atoms with Crippen molar-refractivity contribution >= 4 is 35.9 Å². The van der Waals surface area contributed by atoms with E-state index in [-0.39, 0.29) is 23.9 Å². The van der Waals surface area contributed by atoms with Gasteiger partial charge in [-0.3, -0.25) is 4.79 Å². The molecule has 0 saturated carbocycles. The summed E-state index contributed by atoms with van der Waals surface area (Å²) in [6, 6.07) is 10.9. The second kappa shape index (κ2) is 10.5. The van der Waals surface area contributed by atoms with Crippen LogP contribution in [0.5, 0.6) is 5.75 Å². The van der Waals surface area contributed by atoms with Crippen LogP contribution in [0.1, 0.15) is 27.0 Å². The number of allylic oxidation sites excluding steroid dienone is 1. The molecule has 146 valence electrons. The van der Waals surface area contributed by atoms with Crippen LogP contribution in [0.25, 0.3) is 6.08 Å². The summed E-state index contributed by atoms with van der Waals surface area (Å²) in [4.78, 5) is 16.6. The van der Waals surface area contributed by atoms with Crippen LogP contribution in [0.15, 0.2) is 42.5 Å². The zero-order valence-electron chi connectivity index (χ0n) is 16.1. The minimum absolute atomic E-state index is 0. The highest BCUT2D eigenvalue weighted by molar-refractivity contribution is 6.32. The molecular weight excluding hydrogens is 383 g/mol. The minimum Gasteiger partial charge on any atom is -0.507 e. The summed E-state index contributed by atoms with van der Waals surface area (Å²) in [5.74, 6) is 0.129. The van der Waals surface area contributed by atoms with E-state index in [4.69, 9.17) is 11.6 Å². The number of phenols is 1. The van der Waals surface area contributed by atoms with Crippen LogP contribution in [0.2, 0.25) is 5.02 Å². The molecule has 0 fully saturated rings. The summed E-state index contributed by atoms with van der Waals surface area (Å²) in [7, 11) is 7.71. The maximum absolute atomic E-state index is 12.7. The molecule has 0 saturated heterocycles. The summed E-state index contributed by atoms with van der Waals surface area (Å²) < 4.78 is 0. The Hall–Kier alpha value is -1.85. The number of hydrogen-bond donors (Lipinski definition) is 1. The third-order valence-corrected chi connectivity index (χ3v) is 4.19. The van der Waals surface area contributed by atoms with Gasteiger partial charge in [-0.25, -0.2) is 0 Å². The van der Waals surface area contributed by atoms with Crippen LogP contribution in [0.3, 0.4) is 0 Å². The smallest absolute Gasteiger partial charge is 0.185 e. The van der Waals surface area contributed by atoms with Crippen LogP contribution < -0.4 is 0 Å². The molecule has 6 heteroatoms. The Morgan fingerprint density at radius 3 is 2.04 bits per heavy atom. The number of hydrogen-bond acceptors (Lipinski definition) is 4. The van der Waals surface area contributed by atoms with Gasteiger partial charge in [0.2, 0.25) is 0 Å². The van der Waals surface area contributed by atoms with Crippen LogP contribution in [0.4, 0.5) is 0 Å². The maximum Gasteiger partial charge on any atom is 0.185 e. The van der Waals surface area contributed by atoms with Crippen LogP contribution >= 0.6 is 24.0 Å². The maximum atomic E-state index is 12.7. The van der Waals surface area contributed by atoms with E-state index < -0.39 is 0 Å². The SMILES string of the molecule is CN(C)Cc1cc(C(=O)/C=C/c2ccccc2Cl)cc(CN(C)C)c1O.Cl. The van der Waals surface area contributed by atoms with Crippen molar-refractivity contribution in [3.05, 3.63) is 69.8 Å². The number of rotatable bonds is 7. The number of aromatic hydroxyl groups is 1. The Kier molecular flexibility index (Phi) is 9.00. The lowest BCUT2D eigenvalue weighted by Gasteiger charge is -2.17. The molecule has 0 aliphatic rings. The largest absolute Gasteiger partial charge is 0.507 e. The van der Waals surface area contributed by atoms with Gasteiger partial charge in [-0.2, -0.15) is 0 Å². The van der Waals surface area contributed by atoms with E-state index >= 15 is 0 Å².